The molecule has 0 radical (unpaired) electrons. The Labute approximate surface area is 162 Å². The van der Waals surface area contributed by atoms with E-state index in [4.69, 9.17) is 23.2 Å². The van der Waals surface area contributed by atoms with Gasteiger partial charge in [-0.15, -0.1) is 11.3 Å². The van der Waals surface area contributed by atoms with Gasteiger partial charge in [0.2, 0.25) is 0 Å². The molecule has 1 aromatic heterocycles. The molecule has 0 atom stereocenters. The van der Waals surface area contributed by atoms with Gasteiger partial charge in [0.05, 0.1) is 15.6 Å². The van der Waals surface area contributed by atoms with Gasteiger partial charge in [-0.05, 0) is 31.2 Å². The van der Waals surface area contributed by atoms with Crippen LogP contribution in [0.3, 0.4) is 0 Å². The second-order valence-corrected chi connectivity index (χ2v) is 7.02. The van der Waals surface area contributed by atoms with Crippen molar-refractivity contribution in [2.45, 2.75) is 6.92 Å². The first-order valence-corrected chi connectivity index (χ1v) is 8.96. The highest BCUT2D eigenvalue weighted by Crippen LogP contribution is 2.32. The fourth-order valence-electron chi connectivity index (χ4n) is 2.38. The van der Waals surface area contributed by atoms with Gasteiger partial charge in [-0.1, -0.05) is 29.3 Å². The van der Waals surface area contributed by atoms with Gasteiger partial charge in [-0.25, -0.2) is 4.98 Å². The van der Waals surface area contributed by atoms with Gasteiger partial charge in [0.15, 0.2) is 5.13 Å². The molecule has 0 saturated carbocycles. The Morgan fingerprint density at radius 3 is 2.73 bits per heavy atom. The largest absolute Gasteiger partial charge is 0.298 e. The van der Waals surface area contributed by atoms with E-state index >= 15 is 0 Å². The van der Waals surface area contributed by atoms with Crippen molar-refractivity contribution in [3.8, 4) is 11.3 Å². The molecular formula is C17H11Cl2N3O3S. The van der Waals surface area contributed by atoms with Gasteiger partial charge in [0.1, 0.15) is 0 Å². The molecule has 132 valence electrons. The SMILES string of the molecule is Cc1c(C(=O)Nc2nc(-c3ccc(Cl)cc3Cl)cs2)cccc1[N+](=O)[O-]. The first-order chi connectivity index (χ1) is 12.4. The second kappa shape index (κ2) is 7.41. The molecule has 3 aromatic rings. The average molecular weight is 408 g/mol. The Morgan fingerprint density at radius 2 is 2.04 bits per heavy atom. The standard InChI is InChI=1S/C17H11Cl2N3O3S/c1-9-11(3-2-4-15(9)22(24)25)16(23)21-17-20-14(8-26-17)12-6-5-10(18)7-13(12)19/h2-8H,1H3,(H,20,21,23). The number of hydrogen-bond acceptors (Lipinski definition) is 5. The van der Waals surface area contributed by atoms with Crippen LogP contribution in [0.2, 0.25) is 10.0 Å². The predicted molar refractivity (Wildman–Crippen MR) is 103 cm³/mol. The van der Waals surface area contributed by atoms with Gasteiger partial charge in [-0.2, -0.15) is 0 Å². The normalized spacial score (nSPS) is 10.6. The minimum atomic E-state index is -0.518. The zero-order valence-electron chi connectivity index (χ0n) is 13.3. The number of nitrogens with zero attached hydrogens (tertiary/aromatic N) is 2. The number of thiazole rings is 1. The summed E-state index contributed by atoms with van der Waals surface area (Å²) in [7, 11) is 0. The van der Waals surface area contributed by atoms with Crippen molar-refractivity contribution >= 4 is 51.3 Å². The maximum absolute atomic E-state index is 12.5. The van der Waals surface area contributed by atoms with Gasteiger partial charge >= 0.3 is 0 Å². The quantitative estimate of drug-likeness (QED) is 0.451. The molecule has 0 unspecified atom stereocenters. The highest BCUT2D eigenvalue weighted by Gasteiger charge is 2.19. The molecular weight excluding hydrogens is 397 g/mol. The summed E-state index contributed by atoms with van der Waals surface area (Å²) in [5, 5.41) is 16.8. The van der Waals surface area contributed by atoms with Crippen LogP contribution in [-0.2, 0) is 0 Å². The van der Waals surface area contributed by atoms with E-state index in [9.17, 15) is 14.9 Å². The van der Waals surface area contributed by atoms with Crippen LogP contribution in [0.15, 0.2) is 41.8 Å². The summed E-state index contributed by atoms with van der Waals surface area (Å²) < 4.78 is 0. The summed E-state index contributed by atoms with van der Waals surface area (Å²) in [6, 6.07) is 9.42. The average Bonchev–Trinajstić information content (AvgIpc) is 3.02. The Morgan fingerprint density at radius 1 is 1.27 bits per heavy atom. The molecule has 0 saturated heterocycles. The Balaban J connectivity index is 1.85. The van der Waals surface area contributed by atoms with Crippen molar-refractivity contribution in [2.75, 3.05) is 5.32 Å². The number of nitro benzene ring substituents is 1. The number of carbonyl (C=O) groups is 1. The fraction of sp³-hybridized carbons (Fsp3) is 0.0588. The van der Waals surface area contributed by atoms with Crippen molar-refractivity contribution in [2.24, 2.45) is 0 Å². The molecule has 6 nitrogen and oxygen atoms in total. The van der Waals surface area contributed by atoms with Crippen molar-refractivity contribution in [3.05, 3.63) is 73.1 Å². The molecule has 2 aromatic carbocycles. The summed E-state index contributed by atoms with van der Waals surface area (Å²) in [6.07, 6.45) is 0. The van der Waals surface area contributed by atoms with E-state index in [0.717, 1.165) is 0 Å². The van der Waals surface area contributed by atoms with E-state index in [1.54, 1.807) is 23.6 Å². The number of aromatic nitrogens is 1. The molecule has 3 rings (SSSR count). The Hall–Kier alpha value is -2.48. The first kappa shape index (κ1) is 18.3. The minimum absolute atomic E-state index is 0.106. The number of benzene rings is 2. The lowest BCUT2D eigenvalue weighted by molar-refractivity contribution is -0.385. The van der Waals surface area contributed by atoms with Gasteiger partial charge < -0.3 is 0 Å². The zero-order valence-corrected chi connectivity index (χ0v) is 15.7. The molecule has 26 heavy (non-hydrogen) atoms. The molecule has 9 heteroatoms. The summed E-state index contributed by atoms with van der Waals surface area (Å²) in [6.45, 7) is 1.54. The molecule has 0 aliphatic rings. The topological polar surface area (TPSA) is 85.1 Å². The van der Waals surface area contributed by atoms with Crippen LogP contribution >= 0.6 is 34.5 Å². The minimum Gasteiger partial charge on any atom is -0.298 e. The lowest BCUT2D eigenvalue weighted by atomic mass is 10.1. The molecule has 0 bridgehead atoms. The number of rotatable bonds is 4. The zero-order chi connectivity index (χ0) is 18.8. The van der Waals surface area contributed by atoms with Gasteiger partial charge in [0.25, 0.3) is 11.6 Å². The third-order valence-electron chi connectivity index (χ3n) is 3.68. The lowest BCUT2D eigenvalue weighted by Gasteiger charge is -2.06. The summed E-state index contributed by atoms with van der Waals surface area (Å²) in [4.78, 5) is 27.3. The monoisotopic (exact) mass is 407 g/mol. The van der Waals surface area contributed by atoms with Crippen LogP contribution in [0.5, 0.6) is 0 Å². The molecule has 1 N–H and O–H groups in total. The number of hydrogen-bond donors (Lipinski definition) is 1. The van der Waals surface area contributed by atoms with Crippen LogP contribution in [-0.4, -0.2) is 15.8 Å². The molecule has 0 fully saturated rings. The first-order valence-electron chi connectivity index (χ1n) is 7.33. The third-order valence-corrected chi connectivity index (χ3v) is 4.98. The van der Waals surface area contributed by atoms with E-state index in [1.165, 1.54) is 36.5 Å². The molecule has 1 amide bonds. The maximum Gasteiger partial charge on any atom is 0.273 e. The Bertz CT molecular complexity index is 1020. The lowest BCUT2D eigenvalue weighted by Crippen LogP contribution is -2.14. The molecule has 0 spiro atoms. The van der Waals surface area contributed by atoms with Crippen molar-refractivity contribution in [1.29, 1.82) is 0 Å². The van der Waals surface area contributed by atoms with Gasteiger partial charge in [-0.3, -0.25) is 20.2 Å². The van der Waals surface area contributed by atoms with Crippen LogP contribution < -0.4 is 5.32 Å². The van der Waals surface area contributed by atoms with Crippen molar-refractivity contribution in [3.63, 3.8) is 0 Å². The molecule has 0 aliphatic heterocycles. The summed E-state index contributed by atoms with van der Waals surface area (Å²) in [5.74, 6) is -0.464. The van der Waals surface area contributed by atoms with Gasteiger partial charge in [0, 0.05) is 33.2 Å². The molecule has 1 heterocycles. The third kappa shape index (κ3) is 3.70. The van der Waals surface area contributed by atoms with Crippen LogP contribution in [0.1, 0.15) is 15.9 Å². The smallest absolute Gasteiger partial charge is 0.273 e. The fourth-order valence-corrected chi connectivity index (χ4v) is 3.59. The highest BCUT2D eigenvalue weighted by molar-refractivity contribution is 7.14. The van der Waals surface area contributed by atoms with E-state index in [0.29, 0.717) is 32.0 Å². The number of halogens is 2. The number of nitro groups is 1. The van der Waals surface area contributed by atoms with E-state index < -0.39 is 10.8 Å². The van der Waals surface area contributed by atoms with Crippen LogP contribution in [0.4, 0.5) is 10.8 Å². The number of anilines is 1. The van der Waals surface area contributed by atoms with Crippen LogP contribution in [0, 0.1) is 17.0 Å². The van der Waals surface area contributed by atoms with E-state index in [-0.39, 0.29) is 11.3 Å². The van der Waals surface area contributed by atoms with Crippen molar-refractivity contribution < 1.29 is 9.72 Å². The number of carbonyl (C=O) groups excluding carboxylic acids is 1. The second-order valence-electron chi connectivity index (χ2n) is 5.32. The summed E-state index contributed by atoms with van der Waals surface area (Å²) in [5.41, 5.74) is 1.71. The molecule has 0 aliphatic carbocycles. The van der Waals surface area contributed by atoms with Crippen molar-refractivity contribution in [1.82, 2.24) is 4.98 Å². The number of nitrogens with one attached hydrogen (secondary N) is 1. The highest BCUT2D eigenvalue weighted by atomic mass is 35.5. The number of amides is 1. The summed E-state index contributed by atoms with van der Waals surface area (Å²) >= 11 is 13.3. The van der Waals surface area contributed by atoms with E-state index in [2.05, 4.69) is 10.3 Å². The van der Waals surface area contributed by atoms with E-state index in [1.807, 2.05) is 0 Å². The predicted octanol–water partition coefficient (Wildman–Crippen LogP) is 5.59. The maximum atomic E-state index is 12.5. The van der Waals surface area contributed by atoms with Crippen LogP contribution in [0.25, 0.3) is 11.3 Å². The Kier molecular flexibility index (Phi) is 5.22.